The number of nitrogens with zero attached hydrogens (tertiary/aromatic N) is 3. The summed E-state index contributed by atoms with van der Waals surface area (Å²) >= 11 is 1.65. The van der Waals surface area contributed by atoms with Crippen LogP contribution in [0.15, 0.2) is 40.5 Å². The van der Waals surface area contributed by atoms with Crippen LogP contribution in [0, 0.1) is 0 Å². The quantitative estimate of drug-likeness (QED) is 0.689. The molecule has 0 amide bonds. The topological polar surface area (TPSA) is 56.5 Å². The van der Waals surface area contributed by atoms with Crippen LogP contribution in [-0.2, 0) is 12.8 Å². The van der Waals surface area contributed by atoms with E-state index in [1.54, 1.807) is 24.7 Å². The van der Waals surface area contributed by atoms with Gasteiger partial charge < -0.3 is 4.74 Å². The van der Waals surface area contributed by atoms with E-state index in [0.29, 0.717) is 0 Å². The number of aromatic nitrogens is 2. The van der Waals surface area contributed by atoms with Crippen molar-refractivity contribution in [1.29, 1.82) is 0 Å². The average Bonchev–Trinajstić information content (AvgIpc) is 3.00. The molecular weight excluding hydrogens is 322 g/mol. The van der Waals surface area contributed by atoms with Crippen LogP contribution in [-0.4, -0.2) is 23.0 Å². The van der Waals surface area contributed by atoms with E-state index in [-0.39, 0.29) is 5.56 Å². The van der Waals surface area contributed by atoms with E-state index >= 15 is 0 Å². The number of benzene rings is 1. The maximum atomic E-state index is 12.8. The molecule has 0 aliphatic heterocycles. The highest BCUT2D eigenvalue weighted by molar-refractivity contribution is 7.18. The van der Waals surface area contributed by atoms with Crippen LogP contribution < -0.4 is 10.3 Å². The van der Waals surface area contributed by atoms with E-state index in [4.69, 9.17) is 4.74 Å². The third-order valence-electron chi connectivity index (χ3n) is 4.28. The fourth-order valence-electron chi connectivity index (χ4n) is 3.07. The summed E-state index contributed by atoms with van der Waals surface area (Å²) in [7, 11) is 1.62. The van der Waals surface area contributed by atoms with Crippen molar-refractivity contribution in [2.45, 2.75) is 25.7 Å². The minimum atomic E-state index is -0.0847. The van der Waals surface area contributed by atoms with E-state index in [1.165, 1.54) is 27.9 Å². The second-order valence-corrected chi connectivity index (χ2v) is 6.89. The van der Waals surface area contributed by atoms with Gasteiger partial charge in [0.15, 0.2) is 0 Å². The van der Waals surface area contributed by atoms with Crippen LogP contribution >= 0.6 is 11.3 Å². The number of fused-ring (bicyclic) bond motifs is 3. The number of thiophene rings is 1. The number of methoxy groups -OCH3 is 1. The van der Waals surface area contributed by atoms with E-state index in [2.05, 4.69) is 10.1 Å². The molecule has 0 N–H and O–H groups in total. The molecule has 1 aliphatic carbocycles. The molecule has 4 rings (SSSR count). The molecule has 3 aromatic rings. The Balaban J connectivity index is 1.75. The summed E-state index contributed by atoms with van der Waals surface area (Å²) < 4.78 is 6.52. The van der Waals surface area contributed by atoms with Crippen LogP contribution in [0.25, 0.3) is 10.2 Å². The molecule has 5 nitrogen and oxygen atoms in total. The lowest BCUT2D eigenvalue weighted by molar-refractivity contribution is 0.415. The molecule has 6 heteroatoms. The van der Waals surface area contributed by atoms with Crippen molar-refractivity contribution in [2.75, 3.05) is 7.11 Å². The van der Waals surface area contributed by atoms with Gasteiger partial charge in [-0.2, -0.15) is 9.78 Å². The molecule has 0 spiro atoms. The monoisotopic (exact) mass is 339 g/mol. The molecule has 0 saturated carbocycles. The van der Waals surface area contributed by atoms with E-state index in [9.17, 15) is 4.79 Å². The standard InChI is InChI=1S/C18H17N3O2S/c1-23-13-6-4-5-12(9-13)10-20-21-11-19-17-16(18(21)22)14-7-2-3-8-15(14)24-17/h4-6,9-11H,2-3,7-8H2,1H3. The summed E-state index contributed by atoms with van der Waals surface area (Å²) in [5, 5.41) is 5.05. The zero-order valence-corrected chi connectivity index (χ0v) is 14.2. The number of hydrogen-bond acceptors (Lipinski definition) is 5. The highest BCUT2D eigenvalue weighted by Gasteiger charge is 2.19. The molecule has 0 atom stereocenters. The van der Waals surface area contributed by atoms with Crippen molar-refractivity contribution in [3.63, 3.8) is 0 Å². The zero-order valence-electron chi connectivity index (χ0n) is 13.4. The third kappa shape index (κ3) is 2.63. The lowest BCUT2D eigenvalue weighted by Crippen LogP contribution is -2.18. The van der Waals surface area contributed by atoms with Gasteiger partial charge >= 0.3 is 0 Å². The highest BCUT2D eigenvalue weighted by atomic mass is 32.1. The fourth-order valence-corrected chi connectivity index (χ4v) is 4.29. The van der Waals surface area contributed by atoms with Crippen molar-refractivity contribution in [1.82, 2.24) is 9.66 Å². The smallest absolute Gasteiger partial charge is 0.282 e. The van der Waals surface area contributed by atoms with Gasteiger partial charge in [0.2, 0.25) is 0 Å². The number of aryl methyl sites for hydroxylation is 2. The average molecular weight is 339 g/mol. The Morgan fingerprint density at radius 1 is 1.33 bits per heavy atom. The van der Waals surface area contributed by atoms with Gasteiger partial charge in [-0.25, -0.2) is 4.98 Å². The largest absolute Gasteiger partial charge is 0.497 e. The predicted octanol–water partition coefficient (Wildman–Crippen LogP) is 3.23. The molecule has 0 bridgehead atoms. The molecule has 24 heavy (non-hydrogen) atoms. The summed E-state index contributed by atoms with van der Waals surface area (Å²) in [4.78, 5) is 19.4. The molecule has 1 aromatic carbocycles. The van der Waals surface area contributed by atoms with Gasteiger partial charge in [0.25, 0.3) is 5.56 Å². The molecule has 0 unspecified atom stereocenters. The van der Waals surface area contributed by atoms with E-state index in [1.807, 2.05) is 24.3 Å². The van der Waals surface area contributed by atoms with Crippen LogP contribution in [0.5, 0.6) is 5.75 Å². The van der Waals surface area contributed by atoms with Gasteiger partial charge in [-0.05, 0) is 48.9 Å². The van der Waals surface area contributed by atoms with Crippen molar-refractivity contribution >= 4 is 27.8 Å². The molecule has 1 aliphatic rings. The van der Waals surface area contributed by atoms with Gasteiger partial charge in [0, 0.05) is 4.88 Å². The second-order valence-electron chi connectivity index (χ2n) is 5.81. The minimum Gasteiger partial charge on any atom is -0.497 e. The zero-order chi connectivity index (χ0) is 16.5. The fraction of sp³-hybridized carbons (Fsp3) is 0.278. The molecule has 0 fully saturated rings. The Morgan fingerprint density at radius 2 is 2.21 bits per heavy atom. The summed E-state index contributed by atoms with van der Waals surface area (Å²) in [5.41, 5.74) is 1.97. The lowest BCUT2D eigenvalue weighted by Gasteiger charge is -2.09. The highest BCUT2D eigenvalue weighted by Crippen LogP contribution is 2.33. The summed E-state index contributed by atoms with van der Waals surface area (Å²) in [5.74, 6) is 0.756. The maximum Gasteiger partial charge on any atom is 0.282 e. The summed E-state index contributed by atoms with van der Waals surface area (Å²) in [6.45, 7) is 0. The van der Waals surface area contributed by atoms with E-state index < -0.39 is 0 Å². The van der Waals surface area contributed by atoms with Crippen LogP contribution in [0.2, 0.25) is 0 Å². The normalized spacial score (nSPS) is 14.2. The molecular formula is C18H17N3O2S. The first-order valence-corrected chi connectivity index (χ1v) is 8.78. The summed E-state index contributed by atoms with van der Waals surface area (Å²) in [6, 6.07) is 7.54. The van der Waals surface area contributed by atoms with Crippen molar-refractivity contribution in [3.8, 4) is 5.75 Å². The Kier molecular flexibility index (Phi) is 3.90. The van der Waals surface area contributed by atoms with Crippen molar-refractivity contribution in [2.24, 2.45) is 5.10 Å². The van der Waals surface area contributed by atoms with Gasteiger partial charge in [-0.3, -0.25) is 4.79 Å². The molecule has 0 saturated heterocycles. The minimum absolute atomic E-state index is 0.0847. The Hall–Kier alpha value is -2.47. The maximum absolute atomic E-state index is 12.8. The van der Waals surface area contributed by atoms with Crippen molar-refractivity contribution < 1.29 is 4.74 Å². The molecule has 2 aromatic heterocycles. The molecule has 122 valence electrons. The summed E-state index contributed by atoms with van der Waals surface area (Å²) in [6.07, 6.45) is 7.51. The Morgan fingerprint density at radius 3 is 3.08 bits per heavy atom. The van der Waals surface area contributed by atoms with Gasteiger partial charge in [-0.1, -0.05) is 12.1 Å². The SMILES string of the molecule is COc1cccc(C=Nn2cnc3sc4c(c3c2=O)CCCC4)c1. The van der Waals surface area contributed by atoms with Gasteiger partial charge in [0.1, 0.15) is 16.9 Å². The second kappa shape index (κ2) is 6.20. The van der Waals surface area contributed by atoms with Crippen LogP contribution in [0.3, 0.4) is 0 Å². The van der Waals surface area contributed by atoms with Gasteiger partial charge in [-0.15, -0.1) is 11.3 Å². The third-order valence-corrected chi connectivity index (χ3v) is 5.48. The molecule has 2 heterocycles. The Labute approximate surface area is 143 Å². The number of ether oxygens (including phenoxy) is 1. The lowest BCUT2D eigenvalue weighted by atomic mass is 9.97. The van der Waals surface area contributed by atoms with Gasteiger partial charge in [0.05, 0.1) is 18.7 Å². The predicted molar refractivity (Wildman–Crippen MR) is 96.5 cm³/mol. The van der Waals surface area contributed by atoms with Crippen LogP contribution in [0.4, 0.5) is 0 Å². The van der Waals surface area contributed by atoms with Crippen molar-refractivity contribution in [3.05, 3.63) is 57.0 Å². The first-order valence-electron chi connectivity index (χ1n) is 7.96. The number of rotatable bonds is 3. The molecule has 0 radical (unpaired) electrons. The number of hydrogen-bond donors (Lipinski definition) is 0. The first kappa shape index (κ1) is 15.1. The Bertz CT molecular complexity index is 988. The first-order chi connectivity index (χ1) is 11.8. The van der Waals surface area contributed by atoms with Crippen LogP contribution in [0.1, 0.15) is 28.8 Å². The van der Waals surface area contributed by atoms with E-state index in [0.717, 1.165) is 40.8 Å².